The van der Waals surface area contributed by atoms with Crippen LogP contribution in [-0.2, 0) is 6.42 Å². The summed E-state index contributed by atoms with van der Waals surface area (Å²) in [6.45, 7) is 4.95. The van der Waals surface area contributed by atoms with Crippen molar-refractivity contribution in [3.8, 4) is 0 Å². The Bertz CT molecular complexity index is 690. The standard InChI is InChI=1S/C19H24FN3O/c1-3-16-11-19(22-13(2)21-16)23-10-4-5-17(23)12-18(24)14-6-8-15(20)9-7-14/h6-9,11,17-18,24H,3-5,10,12H2,1-2H3. The molecular weight excluding hydrogens is 305 g/mol. The van der Waals surface area contributed by atoms with Crippen LogP contribution in [0.1, 0.15) is 49.4 Å². The fourth-order valence-electron chi connectivity index (χ4n) is 3.40. The molecule has 1 aromatic heterocycles. The predicted molar refractivity (Wildman–Crippen MR) is 92.5 cm³/mol. The number of aliphatic hydroxyl groups excluding tert-OH is 1. The van der Waals surface area contributed by atoms with Crippen LogP contribution in [0.25, 0.3) is 0 Å². The van der Waals surface area contributed by atoms with Crippen LogP contribution in [0.2, 0.25) is 0 Å². The normalized spacial score (nSPS) is 18.8. The molecule has 2 aromatic rings. The zero-order valence-electron chi connectivity index (χ0n) is 14.2. The van der Waals surface area contributed by atoms with Gasteiger partial charge in [0.15, 0.2) is 0 Å². The monoisotopic (exact) mass is 329 g/mol. The zero-order valence-corrected chi connectivity index (χ0v) is 14.2. The van der Waals surface area contributed by atoms with Gasteiger partial charge >= 0.3 is 0 Å². The van der Waals surface area contributed by atoms with Gasteiger partial charge < -0.3 is 10.0 Å². The van der Waals surface area contributed by atoms with Crippen molar-refractivity contribution < 1.29 is 9.50 Å². The first kappa shape index (κ1) is 16.8. The summed E-state index contributed by atoms with van der Waals surface area (Å²) in [4.78, 5) is 11.3. The number of aliphatic hydroxyl groups is 1. The van der Waals surface area contributed by atoms with Gasteiger partial charge in [0.2, 0.25) is 0 Å². The Labute approximate surface area is 142 Å². The van der Waals surface area contributed by atoms with E-state index in [1.807, 2.05) is 6.92 Å². The van der Waals surface area contributed by atoms with Crippen LogP contribution in [0.3, 0.4) is 0 Å². The molecule has 4 nitrogen and oxygen atoms in total. The number of nitrogens with zero attached hydrogens (tertiary/aromatic N) is 3. The van der Waals surface area contributed by atoms with Gasteiger partial charge in [-0.05, 0) is 50.3 Å². The molecule has 0 radical (unpaired) electrons. The van der Waals surface area contributed by atoms with Crippen molar-refractivity contribution >= 4 is 5.82 Å². The summed E-state index contributed by atoms with van der Waals surface area (Å²) < 4.78 is 13.0. The number of hydrogen-bond donors (Lipinski definition) is 1. The van der Waals surface area contributed by atoms with Gasteiger partial charge in [0.1, 0.15) is 17.5 Å². The third-order valence-electron chi connectivity index (χ3n) is 4.66. The molecule has 1 aliphatic rings. The molecule has 3 rings (SSSR count). The minimum absolute atomic E-state index is 0.240. The number of hydrogen-bond acceptors (Lipinski definition) is 4. The molecule has 1 aliphatic heterocycles. The van der Waals surface area contributed by atoms with Crippen molar-refractivity contribution in [3.05, 3.63) is 53.2 Å². The molecule has 1 saturated heterocycles. The molecule has 1 fully saturated rings. The second-order valence-corrected chi connectivity index (χ2v) is 6.41. The van der Waals surface area contributed by atoms with Crippen molar-refractivity contribution in [3.63, 3.8) is 0 Å². The summed E-state index contributed by atoms with van der Waals surface area (Å²) in [5.74, 6) is 1.46. The lowest BCUT2D eigenvalue weighted by atomic mass is 10.0. The van der Waals surface area contributed by atoms with Crippen molar-refractivity contribution in [1.29, 1.82) is 0 Å². The largest absolute Gasteiger partial charge is 0.388 e. The molecule has 0 amide bonds. The quantitative estimate of drug-likeness (QED) is 0.911. The van der Waals surface area contributed by atoms with E-state index in [4.69, 9.17) is 0 Å². The highest BCUT2D eigenvalue weighted by Crippen LogP contribution is 2.31. The van der Waals surface area contributed by atoms with E-state index < -0.39 is 6.10 Å². The molecule has 2 unspecified atom stereocenters. The molecule has 24 heavy (non-hydrogen) atoms. The van der Waals surface area contributed by atoms with Gasteiger partial charge in [0.25, 0.3) is 0 Å². The molecule has 0 spiro atoms. The molecule has 2 heterocycles. The van der Waals surface area contributed by atoms with Crippen molar-refractivity contribution in [1.82, 2.24) is 9.97 Å². The first-order valence-electron chi connectivity index (χ1n) is 8.61. The maximum absolute atomic E-state index is 13.0. The van der Waals surface area contributed by atoms with Crippen LogP contribution in [0.5, 0.6) is 0 Å². The van der Waals surface area contributed by atoms with Crippen LogP contribution in [0.4, 0.5) is 10.2 Å². The zero-order chi connectivity index (χ0) is 17.1. The van der Waals surface area contributed by atoms with Gasteiger partial charge in [-0.15, -0.1) is 0 Å². The molecule has 128 valence electrons. The molecule has 1 N–H and O–H groups in total. The van der Waals surface area contributed by atoms with E-state index in [1.54, 1.807) is 12.1 Å². The summed E-state index contributed by atoms with van der Waals surface area (Å²) in [5, 5.41) is 10.5. The van der Waals surface area contributed by atoms with E-state index >= 15 is 0 Å². The number of anilines is 1. The SMILES string of the molecule is CCc1cc(N2CCCC2CC(O)c2ccc(F)cc2)nc(C)n1. The highest BCUT2D eigenvalue weighted by molar-refractivity contribution is 5.42. The average molecular weight is 329 g/mol. The Morgan fingerprint density at radius 2 is 2.04 bits per heavy atom. The lowest BCUT2D eigenvalue weighted by Gasteiger charge is -2.28. The summed E-state index contributed by atoms with van der Waals surface area (Å²) in [6.07, 6.45) is 3.03. The van der Waals surface area contributed by atoms with Gasteiger partial charge in [0, 0.05) is 24.3 Å². The van der Waals surface area contributed by atoms with Crippen molar-refractivity contribution in [2.45, 2.75) is 51.7 Å². The van der Waals surface area contributed by atoms with E-state index in [1.165, 1.54) is 12.1 Å². The van der Waals surface area contributed by atoms with Crippen LogP contribution < -0.4 is 4.90 Å². The average Bonchev–Trinajstić information content (AvgIpc) is 3.03. The van der Waals surface area contributed by atoms with E-state index in [0.29, 0.717) is 6.42 Å². The smallest absolute Gasteiger partial charge is 0.132 e. The van der Waals surface area contributed by atoms with Crippen LogP contribution in [0.15, 0.2) is 30.3 Å². The first-order valence-corrected chi connectivity index (χ1v) is 8.61. The molecular formula is C19H24FN3O. The summed E-state index contributed by atoms with van der Waals surface area (Å²) in [6, 6.07) is 8.39. The minimum Gasteiger partial charge on any atom is -0.388 e. The third kappa shape index (κ3) is 3.73. The number of aryl methyl sites for hydroxylation is 2. The highest BCUT2D eigenvalue weighted by atomic mass is 19.1. The number of aromatic nitrogens is 2. The number of rotatable bonds is 5. The Kier molecular flexibility index (Phi) is 5.09. The molecule has 5 heteroatoms. The summed E-state index contributed by atoms with van der Waals surface area (Å²) in [5.41, 5.74) is 1.80. The van der Waals surface area contributed by atoms with Crippen LogP contribution in [0, 0.1) is 12.7 Å². The Morgan fingerprint density at radius 3 is 2.75 bits per heavy atom. The molecule has 1 aromatic carbocycles. The molecule has 0 bridgehead atoms. The number of benzene rings is 1. The third-order valence-corrected chi connectivity index (χ3v) is 4.66. The lowest BCUT2D eigenvalue weighted by molar-refractivity contribution is 0.158. The maximum Gasteiger partial charge on any atom is 0.132 e. The topological polar surface area (TPSA) is 49.2 Å². The van der Waals surface area contributed by atoms with E-state index in [9.17, 15) is 9.50 Å². The first-order chi connectivity index (χ1) is 11.6. The molecule has 0 saturated carbocycles. The summed E-state index contributed by atoms with van der Waals surface area (Å²) in [7, 11) is 0. The van der Waals surface area contributed by atoms with Gasteiger partial charge in [-0.25, -0.2) is 14.4 Å². The fraction of sp³-hybridized carbons (Fsp3) is 0.474. The molecule has 0 aliphatic carbocycles. The van der Waals surface area contributed by atoms with Crippen molar-refractivity contribution in [2.75, 3.05) is 11.4 Å². The Morgan fingerprint density at radius 1 is 1.29 bits per heavy atom. The van der Waals surface area contributed by atoms with Gasteiger partial charge in [-0.1, -0.05) is 19.1 Å². The van der Waals surface area contributed by atoms with Crippen LogP contribution in [-0.4, -0.2) is 27.7 Å². The van der Waals surface area contributed by atoms with Crippen LogP contribution >= 0.6 is 0 Å². The van der Waals surface area contributed by atoms with Gasteiger partial charge in [0.05, 0.1) is 6.10 Å². The van der Waals surface area contributed by atoms with Gasteiger partial charge in [-0.3, -0.25) is 0 Å². The molecule has 2 atom stereocenters. The van der Waals surface area contributed by atoms with E-state index in [-0.39, 0.29) is 11.9 Å². The predicted octanol–water partition coefficient (Wildman–Crippen LogP) is 3.58. The minimum atomic E-state index is -0.593. The second kappa shape index (κ2) is 7.26. The summed E-state index contributed by atoms with van der Waals surface area (Å²) >= 11 is 0. The second-order valence-electron chi connectivity index (χ2n) is 6.41. The number of halogens is 1. The Balaban J connectivity index is 1.75. The highest BCUT2D eigenvalue weighted by Gasteiger charge is 2.28. The van der Waals surface area contributed by atoms with E-state index in [2.05, 4.69) is 27.9 Å². The fourth-order valence-corrected chi connectivity index (χ4v) is 3.40. The van der Waals surface area contributed by atoms with E-state index in [0.717, 1.165) is 48.7 Å². The lowest BCUT2D eigenvalue weighted by Crippen LogP contribution is -2.31. The maximum atomic E-state index is 13.0. The van der Waals surface area contributed by atoms with Crippen molar-refractivity contribution in [2.24, 2.45) is 0 Å². The Hall–Kier alpha value is -2.01. The van der Waals surface area contributed by atoms with Gasteiger partial charge in [-0.2, -0.15) is 0 Å².